The highest BCUT2D eigenvalue weighted by atomic mass is 15.2. The Morgan fingerprint density at radius 2 is 1.95 bits per heavy atom. The van der Waals surface area contributed by atoms with Crippen LogP contribution in [0, 0.1) is 0 Å². The molecular formula is C17H29N3. The normalized spacial score (nSPS) is 24.2. The zero-order chi connectivity index (χ0) is 14.4. The van der Waals surface area contributed by atoms with Gasteiger partial charge in [0.15, 0.2) is 0 Å². The first-order chi connectivity index (χ1) is 9.66. The van der Waals surface area contributed by atoms with E-state index >= 15 is 0 Å². The minimum absolute atomic E-state index is 0.487. The van der Waals surface area contributed by atoms with Crippen LogP contribution in [0.2, 0.25) is 0 Å². The van der Waals surface area contributed by atoms with Crippen LogP contribution in [0.3, 0.4) is 0 Å². The molecule has 1 aromatic carbocycles. The molecule has 0 saturated carbocycles. The third kappa shape index (κ3) is 4.58. The first-order valence-electron chi connectivity index (χ1n) is 7.84. The molecule has 3 heteroatoms. The molecule has 112 valence electrons. The molecule has 1 fully saturated rings. The number of piperazine rings is 1. The molecule has 2 atom stereocenters. The molecule has 1 saturated heterocycles. The third-order valence-electron chi connectivity index (χ3n) is 4.20. The van der Waals surface area contributed by atoms with Gasteiger partial charge in [0.05, 0.1) is 0 Å². The Bertz CT molecular complexity index is 377. The summed E-state index contributed by atoms with van der Waals surface area (Å²) in [5.41, 5.74) is 1.41. The van der Waals surface area contributed by atoms with Crippen LogP contribution >= 0.6 is 0 Å². The standard InChI is InChI=1S/C17H29N3/c1-15-13-18-17(16-9-5-4-6-10-16)14-20(15)12-8-7-11-19(2)3/h4-6,9-10,15,17-18H,7-8,11-14H2,1-3H3. The third-order valence-corrected chi connectivity index (χ3v) is 4.20. The summed E-state index contributed by atoms with van der Waals surface area (Å²) in [6.07, 6.45) is 2.59. The van der Waals surface area contributed by atoms with Gasteiger partial charge in [0.1, 0.15) is 0 Å². The zero-order valence-corrected chi connectivity index (χ0v) is 13.2. The maximum absolute atomic E-state index is 3.67. The number of hydrogen-bond donors (Lipinski definition) is 1. The molecule has 0 aromatic heterocycles. The Hall–Kier alpha value is -0.900. The Morgan fingerprint density at radius 1 is 1.20 bits per heavy atom. The van der Waals surface area contributed by atoms with Gasteiger partial charge in [-0.25, -0.2) is 0 Å². The van der Waals surface area contributed by atoms with E-state index in [1.807, 2.05) is 0 Å². The van der Waals surface area contributed by atoms with E-state index < -0.39 is 0 Å². The smallest absolute Gasteiger partial charge is 0.0449 e. The van der Waals surface area contributed by atoms with Gasteiger partial charge in [0.25, 0.3) is 0 Å². The fourth-order valence-corrected chi connectivity index (χ4v) is 2.88. The lowest BCUT2D eigenvalue weighted by Crippen LogP contribution is -2.51. The number of nitrogens with one attached hydrogen (secondary N) is 1. The molecule has 1 heterocycles. The summed E-state index contributed by atoms with van der Waals surface area (Å²) in [6, 6.07) is 12.0. The molecule has 0 radical (unpaired) electrons. The number of nitrogens with zero attached hydrogens (tertiary/aromatic N) is 2. The van der Waals surface area contributed by atoms with Crippen molar-refractivity contribution in [3.05, 3.63) is 35.9 Å². The van der Waals surface area contributed by atoms with E-state index in [1.54, 1.807) is 0 Å². The maximum atomic E-state index is 3.67. The van der Waals surface area contributed by atoms with Gasteiger partial charge >= 0.3 is 0 Å². The highest BCUT2D eigenvalue weighted by molar-refractivity contribution is 5.20. The molecule has 1 N–H and O–H groups in total. The Kier molecular flexibility index (Phi) is 6.02. The second-order valence-electron chi connectivity index (χ2n) is 6.23. The van der Waals surface area contributed by atoms with Crippen molar-refractivity contribution in [2.75, 3.05) is 40.3 Å². The zero-order valence-electron chi connectivity index (χ0n) is 13.2. The van der Waals surface area contributed by atoms with Crippen LogP contribution in [-0.4, -0.2) is 56.1 Å². The first kappa shape index (κ1) is 15.5. The van der Waals surface area contributed by atoms with Crippen molar-refractivity contribution in [3.8, 4) is 0 Å². The van der Waals surface area contributed by atoms with E-state index in [1.165, 1.54) is 31.5 Å². The predicted molar refractivity (Wildman–Crippen MR) is 86.0 cm³/mol. The minimum atomic E-state index is 0.487. The molecule has 20 heavy (non-hydrogen) atoms. The fourth-order valence-electron chi connectivity index (χ4n) is 2.88. The molecule has 0 bridgehead atoms. The molecule has 3 nitrogen and oxygen atoms in total. The van der Waals surface area contributed by atoms with E-state index in [-0.39, 0.29) is 0 Å². The predicted octanol–water partition coefficient (Wildman–Crippen LogP) is 2.36. The first-order valence-corrected chi connectivity index (χ1v) is 7.84. The number of benzene rings is 1. The van der Waals surface area contributed by atoms with Crippen molar-refractivity contribution < 1.29 is 0 Å². The van der Waals surface area contributed by atoms with Gasteiger partial charge in [0.2, 0.25) is 0 Å². The molecule has 0 amide bonds. The second-order valence-corrected chi connectivity index (χ2v) is 6.23. The van der Waals surface area contributed by atoms with Crippen molar-refractivity contribution in [1.82, 2.24) is 15.1 Å². The SMILES string of the molecule is CC1CNC(c2ccccc2)CN1CCCCN(C)C. The lowest BCUT2D eigenvalue weighted by molar-refractivity contribution is 0.137. The molecule has 1 aliphatic rings. The summed E-state index contributed by atoms with van der Waals surface area (Å²) < 4.78 is 0. The largest absolute Gasteiger partial charge is 0.309 e. The lowest BCUT2D eigenvalue weighted by Gasteiger charge is -2.39. The Labute approximate surface area is 124 Å². The van der Waals surface area contributed by atoms with Crippen LogP contribution in [0.1, 0.15) is 31.4 Å². The van der Waals surface area contributed by atoms with Gasteiger partial charge in [-0.05, 0) is 52.5 Å². The van der Waals surface area contributed by atoms with Gasteiger partial charge in [0, 0.05) is 25.2 Å². The summed E-state index contributed by atoms with van der Waals surface area (Å²) in [6.45, 7) is 6.98. The van der Waals surface area contributed by atoms with Crippen LogP contribution in [0.4, 0.5) is 0 Å². The summed E-state index contributed by atoms with van der Waals surface area (Å²) in [5, 5.41) is 3.67. The Morgan fingerprint density at radius 3 is 2.65 bits per heavy atom. The lowest BCUT2D eigenvalue weighted by atomic mass is 10.0. The van der Waals surface area contributed by atoms with Gasteiger partial charge in [-0.15, -0.1) is 0 Å². The van der Waals surface area contributed by atoms with Crippen molar-refractivity contribution in [1.29, 1.82) is 0 Å². The van der Waals surface area contributed by atoms with E-state index in [4.69, 9.17) is 0 Å². The summed E-state index contributed by atoms with van der Waals surface area (Å²) in [7, 11) is 4.30. The number of unbranched alkanes of at least 4 members (excludes halogenated alkanes) is 1. The van der Waals surface area contributed by atoms with Crippen molar-refractivity contribution >= 4 is 0 Å². The van der Waals surface area contributed by atoms with Crippen molar-refractivity contribution in [2.24, 2.45) is 0 Å². The van der Waals surface area contributed by atoms with Crippen LogP contribution in [0.25, 0.3) is 0 Å². The summed E-state index contributed by atoms with van der Waals surface area (Å²) >= 11 is 0. The second kappa shape index (κ2) is 7.77. The summed E-state index contributed by atoms with van der Waals surface area (Å²) in [4.78, 5) is 4.91. The average molecular weight is 275 g/mol. The number of hydrogen-bond acceptors (Lipinski definition) is 3. The van der Waals surface area contributed by atoms with E-state index in [9.17, 15) is 0 Å². The molecule has 1 aliphatic heterocycles. The van der Waals surface area contributed by atoms with Gasteiger partial charge in [-0.2, -0.15) is 0 Å². The molecule has 0 aliphatic carbocycles. The van der Waals surface area contributed by atoms with Crippen molar-refractivity contribution in [2.45, 2.75) is 31.8 Å². The van der Waals surface area contributed by atoms with Gasteiger partial charge in [-0.1, -0.05) is 30.3 Å². The van der Waals surface area contributed by atoms with E-state index in [0.29, 0.717) is 12.1 Å². The average Bonchev–Trinajstić information content (AvgIpc) is 2.46. The quantitative estimate of drug-likeness (QED) is 0.804. The molecule has 0 spiro atoms. The van der Waals surface area contributed by atoms with E-state index in [0.717, 1.165) is 13.1 Å². The topological polar surface area (TPSA) is 18.5 Å². The van der Waals surface area contributed by atoms with E-state index in [2.05, 4.69) is 66.5 Å². The monoisotopic (exact) mass is 275 g/mol. The van der Waals surface area contributed by atoms with Crippen LogP contribution in [0.15, 0.2) is 30.3 Å². The summed E-state index contributed by atoms with van der Waals surface area (Å²) in [5.74, 6) is 0. The highest BCUT2D eigenvalue weighted by Gasteiger charge is 2.25. The van der Waals surface area contributed by atoms with Crippen LogP contribution in [0.5, 0.6) is 0 Å². The molecule has 2 unspecified atom stereocenters. The molecular weight excluding hydrogens is 246 g/mol. The van der Waals surface area contributed by atoms with Crippen LogP contribution < -0.4 is 5.32 Å². The molecule has 2 rings (SSSR count). The maximum Gasteiger partial charge on any atom is 0.0449 e. The molecule has 1 aromatic rings. The van der Waals surface area contributed by atoms with Crippen molar-refractivity contribution in [3.63, 3.8) is 0 Å². The van der Waals surface area contributed by atoms with Gasteiger partial charge in [-0.3, -0.25) is 4.90 Å². The Balaban J connectivity index is 1.82. The number of rotatable bonds is 6. The fraction of sp³-hybridized carbons (Fsp3) is 0.647. The van der Waals surface area contributed by atoms with Gasteiger partial charge < -0.3 is 10.2 Å². The highest BCUT2D eigenvalue weighted by Crippen LogP contribution is 2.20. The van der Waals surface area contributed by atoms with Crippen LogP contribution in [-0.2, 0) is 0 Å². The minimum Gasteiger partial charge on any atom is -0.309 e.